The molecule has 0 radical (unpaired) electrons. The monoisotopic (exact) mass is 644 g/mol. The Morgan fingerprint density at radius 3 is 1.18 bits per heavy atom. The van der Waals surface area contributed by atoms with Gasteiger partial charge < -0.3 is 0 Å². The zero-order valence-electron chi connectivity index (χ0n) is 26.8. The second kappa shape index (κ2) is 16.9. The van der Waals surface area contributed by atoms with Crippen LogP contribution in [0.5, 0.6) is 11.5 Å². The summed E-state index contributed by atoms with van der Waals surface area (Å²) in [5.74, 6) is 2.12. The van der Waals surface area contributed by atoms with Gasteiger partial charge >= 0.3 is 249 Å². The van der Waals surface area contributed by atoms with Crippen LogP contribution in [0.4, 0.5) is 0 Å². The standard InChI is InChI=1S/2C10H14O.2C8H17.Sn/c2*1-10(2,3)8-6-4-5-7-9(8)11;2*1-3-5-7-8-6-4-2;/h2*4-7,11H,1-3H3;2*1,3-8H2,2H3;/q;;;;+2/p-2. The van der Waals surface area contributed by atoms with Crippen LogP contribution in [0, 0.1) is 0 Å². The van der Waals surface area contributed by atoms with Gasteiger partial charge in [0.15, 0.2) is 0 Å². The van der Waals surface area contributed by atoms with Gasteiger partial charge in [-0.15, -0.1) is 0 Å². The molecule has 0 fully saturated rings. The third-order valence-electron chi connectivity index (χ3n) is 7.80. The van der Waals surface area contributed by atoms with E-state index >= 15 is 0 Å². The first-order chi connectivity index (χ1) is 18.5. The summed E-state index contributed by atoms with van der Waals surface area (Å²) in [5, 5.41) is 0. The quantitative estimate of drug-likeness (QED) is 0.119. The van der Waals surface area contributed by atoms with Crippen LogP contribution in [0.3, 0.4) is 0 Å². The molecule has 2 aromatic carbocycles. The summed E-state index contributed by atoms with van der Waals surface area (Å²) in [5.41, 5.74) is 2.64. The minimum atomic E-state index is -3.63. The van der Waals surface area contributed by atoms with E-state index < -0.39 is 19.2 Å². The Kier molecular flexibility index (Phi) is 14.8. The molecule has 220 valence electrons. The Morgan fingerprint density at radius 2 is 0.821 bits per heavy atom. The van der Waals surface area contributed by atoms with E-state index in [4.69, 9.17) is 6.15 Å². The fourth-order valence-electron chi connectivity index (χ4n) is 5.45. The predicted octanol–water partition coefficient (Wildman–Crippen LogP) is 11.9. The van der Waals surface area contributed by atoms with E-state index in [2.05, 4.69) is 104 Å². The molecule has 2 rings (SSSR count). The van der Waals surface area contributed by atoms with E-state index in [1.165, 1.54) is 88.2 Å². The molecule has 0 aromatic heterocycles. The molecule has 0 aliphatic rings. The van der Waals surface area contributed by atoms with Gasteiger partial charge in [0.25, 0.3) is 0 Å². The summed E-state index contributed by atoms with van der Waals surface area (Å²) in [6, 6.07) is 17.5. The second-order valence-electron chi connectivity index (χ2n) is 13.6. The molecule has 0 amide bonds. The van der Waals surface area contributed by atoms with Gasteiger partial charge in [0.2, 0.25) is 0 Å². The summed E-state index contributed by atoms with van der Waals surface area (Å²) >= 11 is -3.63. The first-order valence-electron chi connectivity index (χ1n) is 16.1. The van der Waals surface area contributed by atoms with Crippen molar-refractivity contribution in [2.75, 3.05) is 0 Å². The van der Waals surface area contributed by atoms with E-state index in [0.717, 1.165) is 20.4 Å². The van der Waals surface area contributed by atoms with Crippen molar-refractivity contribution < 1.29 is 6.15 Å². The maximum absolute atomic E-state index is 7.37. The van der Waals surface area contributed by atoms with Gasteiger partial charge in [-0.1, -0.05) is 0 Å². The normalized spacial score (nSPS) is 12.5. The van der Waals surface area contributed by atoms with E-state index in [-0.39, 0.29) is 10.8 Å². The summed E-state index contributed by atoms with van der Waals surface area (Å²) in [4.78, 5) is 0. The molecule has 0 spiro atoms. The fraction of sp³-hybridized carbons (Fsp3) is 0.667. The predicted molar refractivity (Wildman–Crippen MR) is 174 cm³/mol. The van der Waals surface area contributed by atoms with Gasteiger partial charge in [0.05, 0.1) is 0 Å². The Balaban J connectivity index is 2.45. The van der Waals surface area contributed by atoms with Crippen molar-refractivity contribution in [3.05, 3.63) is 59.7 Å². The first-order valence-corrected chi connectivity index (χ1v) is 22.5. The third-order valence-corrected chi connectivity index (χ3v) is 17.6. The summed E-state index contributed by atoms with van der Waals surface area (Å²) in [6.45, 7) is 18.4. The number of benzene rings is 2. The van der Waals surface area contributed by atoms with Gasteiger partial charge in [0, 0.05) is 0 Å². The van der Waals surface area contributed by atoms with Crippen LogP contribution in [0.15, 0.2) is 48.5 Å². The Hall–Kier alpha value is -1.16. The molecule has 0 heterocycles. The Morgan fingerprint density at radius 1 is 0.487 bits per heavy atom. The minimum absolute atomic E-state index is 0.0256. The summed E-state index contributed by atoms with van der Waals surface area (Å²) in [7, 11) is 0. The molecule has 39 heavy (non-hydrogen) atoms. The number of para-hydroxylation sites is 2. The Labute approximate surface area is 247 Å². The molecule has 0 bridgehead atoms. The zero-order valence-corrected chi connectivity index (χ0v) is 29.7. The third kappa shape index (κ3) is 12.1. The van der Waals surface area contributed by atoms with Crippen molar-refractivity contribution >= 4 is 19.2 Å². The topological polar surface area (TPSA) is 18.5 Å². The molecular weight excluding hydrogens is 583 g/mol. The van der Waals surface area contributed by atoms with Gasteiger partial charge in [-0.05, 0) is 0 Å². The van der Waals surface area contributed by atoms with E-state index in [9.17, 15) is 0 Å². The number of unbranched alkanes of at least 4 members (excludes halogenated alkanes) is 10. The van der Waals surface area contributed by atoms with E-state index in [1.807, 2.05) is 0 Å². The zero-order chi connectivity index (χ0) is 28.8. The van der Waals surface area contributed by atoms with Crippen LogP contribution in [0.2, 0.25) is 8.87 Å². The van der Waals surface area contributed by atoms with Crippen molar-refractivity contribution in [1.29, 1.82) is 0 Å². The average molecular weight is 644 g/mol. The van der Waals surface area contributed by atoms with Gasteiger partial charge in [0.1, 0.15) is 0 Å². The molecular formula is C36H60O2Sn. The fourth-order valence-corrected chi connectivity index (χ4v) is 15.3. The maximum atomic E-state index is 7.37. The molecule has 3 heteroatoms. The SMILES string of the molecule is CCCCCCC[CH2][Sn]([CH2]CCCCCCC)([O]c1ccccc1C(C)(C)C)[O]c1ccccc1C(C)(C)C. The number of hydrogen-bond donors (Lipinski definition) is 0. The van der Waals surface area contributed by atoms with Gasteiger partial charge in [-0.25, -0.2) is 0 Å². The summed E-state index contributed by atoms with van der Waals surface area (Å²) < 4.78 is 17.0. The molecule has 0 aliphatic carbocycles. The van der Waals surface area contributed by atoms with Crippen molar-refractivity contribution in [2.24, 2.45) is 0 Å². The second-order valence-corrected chi connectivity index (χ2v) is 22.9. The molecule has 0 atom stereocenters. The van der Waals surface area contributed by atoms with Crippen LogP contribution in [0.25, 0.3) is 0 Å². The van der Waals surface area contributed by atoms with Gasteiger partial charge in [-0.3, -0.25) is 0 Å². The van der Waals surface area contributed by atoms with Crippen LogP contribution >= 0.6 is 0 Å². The molecule has 0 unspecified atom stereocenters. The molecule has 0 saturated carbocycles. The van der Waals surface area contributed by atoms with E-state index in [0.29, 0.717) is 0 Å². The van der Waals surface area contributed by atoms with Crippen molar-refractivity contribution in [2.45, 2.75) is 152 Å². The first kappa shape index (κ1) is 34.0. The van der Waals surface area contributed by atoms with Crippen molar-refractivity contribution in [3.63, 3.8) is 0 Å². The van der Waals surface area contributed by atoms with E-state index in [1.54, 1.807) is 0 Å². The van der Waals surface area contributed by atoms with Crippen LogP contribution in [0.1, 0.15) is 144 Å². The number of hydrogen-bond acceptors (Lipinski definition) is 2. The number of rotatable bonds is 18. The van der Waals surface area contributed by atoms with Crippen molar-refractivity contribution in [1.82, 2.24) is 0 Å². The van der Waals surface area contributed by atoms with Crippen LogP contribution in [-0.4, -0.2) is 19.2 Å². The summed E-state index contributed by atoms with van der Waals surface area (Å²) in [6.07, 6.45) is 15.6. The molecule has 2 aromatic rings. The average Bonchev–Trinajstić information content (AvgIpc) is 2.87. The molecule has 2 nitrogen and oxygen atoms in total. The molecule has 0 N–H and O–H groups in total. The van der Waals surface area contributed by atoms with Crippen LogP contribution < -0.4 is 6.15 Å². The Bertz CT molecular complexity index is 860. The van der Waals surface area contributed by atoms with Gasteiger partial charge in [-0.2, -0.15) is 0 Å². The molecule has 0 saturated heterocycles. The van der Waals surface area contributed by atoms with Crippen molar-refractivity contribution in [3.8, 4) is 11.5 Å². The molecule has 0 aliphatic heterocycles. The van der Waals surface area contributed by atoms with Crippen LogP contribution in [-0.2, 0) is 10.8 Å².